The number of nitriles is 1. The number of nitrogens with zero attached hydrogens (tertiary/aromatic N) is 1. The summed E-state index contributed by atoms with van der Waals surface area (Å²) in [6, 6.07) is 6.58. The maximum absolute atomic E-state index is 9.80. The number of hydrogen-bond donors (Lipinski definition) is 3. The molecule has 86 valence electrons. The van der Waals surface area contributed by atoms with Crippen molar-refractivity contribution in [2.45, 2.75) is 18.6 Å². The van der Waals surface area contributed by atoms with Crippen LogP contribution >= 0.6 is 15.9 Å². The number of halogens is 1. The molecule has 0 amide bonds. The van der Waals surface area contributed by atoms with E-state index in [4.69, 9.17) is 11.0 Å². The molecule has 0 spiro atoms. The van der Waals surface area contributed by atoms with Crippen LogP contribution in [-0.4, -0.2) is 21.6 Å². The molecule has 1 aromatic rings. The molecule has 0 saturated heterocycles. The lowest BCUT2D eigenvalue weighted by molar-refractivity contribution is 0.0174. The first-order chi connectivity index (χ1) is 7.60. The van der Waals surface area contributed by atoms with E-state index in [-0.39, 0.29) is 0 Å². The van der Waals surface area contributed by atoms with Crippen molar-refractivity contribution in [3.63, 3.8) is 0 Å². The van der Waals surface area contributed by atoms with E-state index >= 15 is 0 Å². The second-order valence-corrected chi connectivity index (χ2v) is 4.24. The standard InChI is InChI=1S/C11H13BrN2O2/c12-4-3-10(15)11(16)7-1-2-8(6-13)9(14)5-7/h1-2,5,10-11,15-16H,3-4,14H2. The average Bonchev–Trinajstić information content (AvgIpc) is 2.28. The van der Waals surface area contributed by atoms with Gasteiger partial charge < -0.3 is 15.9 Å². The molecule has 2 atom stereocenters. The third-order valence-electron chi connectivity index (χ3n) is 2.31. The van der Waals surface area contributed by atoms with Crippen molar-refractivity contribution in [1.29, 1.82) is 5.26 Å². The fourth-order valence-corrected chi connectivity index (χ4v) is 1.83. The van der Waals surface area contributed by atoms with Gasteiger partial charge in [-0.15, -0.1) is 0 Å². The molecule has 4 N–H and O–H groups in total. The van der Waals surface area contributed by atoms with Gasteiger partial charge in [-0.25, -0.2) is 0 Å². The van der Waals surface area contributed by atoms with Crippen LogP contribution in [0.3, 0.4) is 0 Å². The minimum absolute atomic E-state index is 0.310. The van der Waals surface area contributed by atoms with Gasteiger partial charge in [-0.1, -0.05) is 22.0 Å². The maximum Gasteiger partial charge on any atom is 0.105 e. The zero-order chi connectivity index (χ0) is 12.1. The highest BCUT2D eigenvalue weighted by molar-refractivity contribution is 9.09. The number of anilines is 1. The molecule has 0 heterocycles. The van der Waals surface area contributed by atoms with E-state index in [1.807, 2.05) is 6.07 Å². The number of alkyl halides is 1. The van der Waals surface area contributed by atoms with Gasteiger partial charge in [0.2, 0.25) is 0 Å². The molecule has 0 aromatic heterocycles. The Balaban J connectivity index is 2.89. The number of rotatable bonds is 4. The Hall–Kier alpha value is -1.09. The number of aliphatic hydroxyl groups is 2. The molecule has 0 aliphatic carbocycles. The van der Waals surface area contributed by atoms with Gasteiger partial charge >= 0.3 is 0 Å². The Bertz CT molecular complexity index is 403. The second kappa shape index (κ2) is 5.85. The zero-order valence-corrected chi connectivity index (χ0v) is 10.2. The Kier molecular flexibility index (Phi) is 4.74. The number of hydrogen-bond acceptors (Lipinski definition) is 4. The van der Waals surface area contributed by atoms with Crippen LogP contribution in [0.4, 0.5) is 5.69 Å². The van der Waals surface area contributed by atoms with Crippen LogP contribution in [0.1, 0.15) is 23.7 Å². The van der Waals surface area contributed by atoms with Gasteiger partial charge in [0.25, 0.3) is 0 Å². The van der Waals surface area contributed by atoms with Crippen LogP contribution in [0.15, 0.2) is 18.2 Å². The Morgan fingerprint density at radius 2 is 2.12 bits per heavy atom. The lowest BCUT2D eigenvalue weighted by Gasteiger charge is -2.17. The molecule has 0 aliphatic rings. The first-order valence-electron chi connectivity index (χ1n) is 4.81. The van der Waals surface area contributed by atoms with E-state index in [1.54, 1.807) is 6.07 Å². The van der Waals surface area contributed by atoms with E-state index in [0.29, 0.717) is 28.6 Å². The van der Waals surface area contributed by atoms with Crippen LogP contribution < -0.4 is 5.73 Å². The first-order valence-corrected chi connectivity index (χ1v) is 5.94. The molecular formula is C11H13BrN2O2. The quantitative estimate of drug-likeness (QED) is 0.575. The van der Waals surface area contributed by atoms with Crippen molar-refractivity contribution in [3.05, 3.63) is 29.3 Å². The summed E-state index contributed by atoms with van der Waals surface area (Å²) in [5.74, 6) is 0. The third-order valence-corrected chi connectivity index (χ3v) is 2.76. The van der Waals surface area contributed by atoms with Crippen molar-refractivity contribution >= 4 is 21.6 Å². The highest BCUT2D eigenvalue weighted by Gasteiger charge is 2.18. The van der Waals surface area contributed by atoms with Gasteiger partial charge in [0.05, 0.1) is 11.7 Å². The number of aliphatic hydroxyl groups excluding tert-OH is 2. The number of benzene rings is 1. The van der Waals surface area contributed by atoms with Crippen LogP contribution in [-0.2, 0) is 0 Å². The normalized spacial score (nSPS) is 14.1. The topological polar surface area (TPSA) is 90.3 Å². The summed E-state index contributed by atoms with van der Waals surface area (Å²) >= 11 is 3.19. The largest absolute Gasteiger partial charge is 0.398 e. The van der Waals surface area contributed by atoms with Crippen molar-refractivity contribution in [2.75, 3.05) is 11.1 Å². The summed E-state index contributed by atoms with van der Waals surface area (Å²) in [7, 11) is 0. The summed E-state index contributed by atoms with van der Waals surface area (Å²) in [6.07, 6.45) is -1.37. The zero-order valence-electron chi connectivity index (χ0n) is 8.60. The summed E-state index contributed by atoms with van der Waals surface area (Å²) in [5.41, 5.74) is 6.81. The SMILES string of the molecule is N#Cc1ccc(C(O)C(O)CCBr)cc1N. The minimum atomic E-state index is -0.979. The van der Waals surface area contributed by atoms with E-state index in [1.165, 1.54) is 12.1 Å². The van der Waals surface area contributed by atoms with Crippen molar-refractivity contribution in [1.82, 2.24) is 0 Å². The maximum atomic E-state index is 9.80. The van der Waals surface area contributed by atoms with Crippen LogP contribution in [0.2, 0.25) is 0 Å². The summed E-state index contributed by atoms with van der Waals surface area (Å²) < 4.78 is 0. The van der Waals surface area contributed by atoms with Gasteiger partial charge in [-0.2, -0.15) is 5.26 Å². The van der Waals surface area contributed by atoms with Crippen molar-refractivity contribution in [2.24, 2.45) is 0 Å². The molecule has 16 heavy (non-hydrogen) atoms. The molecule has 0 radical (unpaired) electrons. The third kappa shape index (κ3) is 2.95. The van der Waals surface area contributed by atoms with E-state index in [9.17, 15) is 10.2 Å². The minimum Gasteiger partial charge on any atom is -0.398 e. The number of nitrogen functional groups attached to an aromatic ring is 1. The summed E-state index contributed by atoms with van der Waals surface area (Å²) in [4.78, 5) is 0. The van der Waals surface area contributed by atoms with Crippen LogP contribution in [0, 0.1) is 11.3 Å². The second-order valence-electron chi connectivity index (χ2n) is 3.45. The fraction of sp³-hybridized carbons (Fsp3) is 0.364. The molecule has 4 nitrogen and oxygen atoms in total. The highest BCUT2D eigenvalue weighted by atomic mass is 79.9. The predicted octanol–water partition coefficient (Wildman–Crippen LogP) is 1.32. The van der Waals surface area contributed by atoms with E-state index in [0.717, 1.165) is 0 Å². The van der Waals surface area contributed by atoms with Crippen LogP contribution in [0.25, 0.3) is 0 Å². The summed E-state index contributed by atoms with van der Waals surface area (Å²) in [5, 5.41) is 28.7. The molecule has 1 rings (SSSR count). The van der Waals surface area contributed by atoms with E-state index < -0.39 is 12.2 Å². The molecule has 0 bridgehead atoms. The molecule has 0 aliphatic heterocycles. The lowest BCUT2D eigenvalue weighted by atomic mass is 10.0. The monoisotopic (exact) mass is 284 g/mol. The molecule has 1 aromatic carbocycles. The Morgan fingerprint density at radius 1 is 1.44 bits per heavy atom. The van der Waals surface area contributed by atoms with Gasteiger partial charge in [0.15, 0.2) is 0 Å². The van der Waals surface area contributed by atoms with Crippen LogP contribution in [0.5, 0.6) is 0 Å². The van der Waals surface area contributed by atoms with Gasteiger partial charge in [0.1, 0.15) is 12.2 Å². The molecule has 2 unspecified atom stereocenters. The van der Waals surface area contributed by atoms with Crippen molar-refractivity contribution in [3.8, 4) is 6.07 Å². The summed E-state index contributed by atoms with van der Waals surface area (Å²) in [6.45, 7) is 0. The lowest BCUT2D eigenvalue weighted by Crippen LogP contribution is -2.18. The smallest absolute Gasteiger partial charge is 0.105 e. The van der Waals surface area contributed by atoms with Gasteiger partial charge in [0, 0.05) is 11.0 Å². The van der Waals surface area contributed by atoms with Crippen molar-refractivity contribution < 1.29 is 10.2 Å². The molecule has 5 heteroatoms. The molecule has 0 fully saturated rings. The highest BCUT2D eigenvalue weighted by Crippen LogP contribution is 2.23. The Labute approximate surface area is 102 Å². The molecule has 0 saturated carbocycles. The van der Waals surface area contributed by atoms with Gasteiger partial charge in [-0.05, 0) is 24.1 Å². The Morgan fingerprint density at radius 3 is 2.62 bits per heavy atom. The fourth-order valence-electron chi connectivity index (χ4n) is 1.36. The average molecular weight is 285 g/mol. The van der Waals surface area contributed by atoms with Gasteiger partial charge in [-0.3, -0.25) is 0 Å². The number of nitrogens with two attached hydrogens (primary N) is 1. The predicted molar refractivity (Wildman–Crippen MR) is 64.9 cm³/mol. The molecular weight excluding hydrogens is 272 g/mol. The van der Waals surface area contributed by atoms with E-state index in [2.05, 4.69) is 15.9 Å². The first kappa shape index (κ1) is 13.0.